The maximum atomic E-state index is 6.32. The van der Waals surface area contributed by atoms with Gasteiger partial charge in [0.15, 0.2) is 0 Å². The molecule has 20 heavy (non-hydrogen) atoms. The van der Waals surface area contributed by atoms with Crippen LogP contribution in [0, 0.1) is 12.8 Å². The van der Waals surface area contributed by atoms with Crippen molar-refractivity contribution in [2.45, 2.75) is 53.2 Å². The molecule has 1 fully saturated rings. The number of aromatic nitrogens is 2. The maximum absolute atomic E-state index is 6.32. The zero-order chi connectivity index (χ0) is 14.7. The van der Waals surface area contributed by atoms with Gasteiger partial charge in [0.2, 0.25) is 0 Å². The molecule has 0 radical (unpaired) electrons. The summed E-state index contributed by atoms with van der Waals surface area (Å²) in [5.41, 5.74) is 2.04. The van der Waals surface area contributed by atoms with Crippen molar-refractivity contribution < 1.29 is 0 Å². The third-order valence-electron chi connectivity index (χ3n) is 4.23. The van der Waals surface area contributed by atoms with Crippen molar-refractivity contribution in [3.63, 3.8) is 0 Å². The Kier molecular flexibility index (Phi) is 5.47. The summed E-state index contributed by atoms with van der Waals surface area (Å²) < 4.78 is 2.00. The van der Waals surface area contributed by atoms with Crippen molar-refractivity contribution in [2.75, 3.05) is 19.6 Å². The molecule has 0 aromatic carbocycles. The molecule has 0 saturated carbocycles. The highest BCUT2D eigenvalue weighted by molar-refractivity contribution is 6.31. The fourth-order valence-electron chi connectivity index (χ4n) is 2.93. The molecule has 1 unspecified atom stereocenters. The second kappa shape index (κ2) is 6.92. The maximum Gasteiger partial charge on any atom is 0.0860 e. The molecule has 1 aromatic rings. The summed E-state index contributed by atoms with van der Waals surface area (Å²) in [7, 11) is 0. The van der Waals surface area contributed by atoms with Crippen molar-refractivity contribution in [1.29, 1.82) is 0 Å². The van der Waals surface area contributed by atoms with Crippen molar-refractivity contribution in [3.8, 4) is 0 Å². The largest absolute Gasteiger partial charge is 0.311 e. The topological polar surface area (TPSA) is 33.1 Å². The van der Waals surface area contributed by atoms with Crippen LogP contribution >= 0.6 is 11.6 Å². The third kappa shape index (κ3) is 3.54. The van der Waals surface area contributed by atoms with Crippen LogP contribution in [0.25, 0.3) is 0 Å². The molecule has 5 heteroatoms. The Labute approximate surface area is 127 Å². The van der Waals surface area contributed by atoms with Gasteiger partial charge in [-0.05, 0) is 53.1 Å². The number of nitrogens with zero attached hydrogens (tertiary/aromatic N) is 3. The standard InChI is InChI=1S/C15H27ClN4/c1-5-20-14(15(16)12(4)18-20)9-17-8-13-6-7-19(10-13)11(2)3/h11,13,17H,5-10H2,1-4H3. The molecule has 1 aromatic heterocycles. The average molecular weight is 299 g/mol. The van der Waals surface area contributed by atoms with Crippen LogP contribution in [0.2, 0.25) is 5.02 Å². The summed E-state index contributed by atoms with van der Waals surface area (Å²) >= 11 is 6.32. The quantitative estimate of drug-likeness (QED) is 0.876. The molecule has 0 amide bonds. The van der Waals surface area contributed by atoms with Gasteiger partial charge in [-0.2, -0.15) is 5.10 Å². The molecular formula is C15H27ClN4. The first-order valence-electron chi connectivity index (χ1n) is 7.69. The Morgan fingerprint density at radius 3 is 2.80 bits per heavy atom. The SMILES string of the molecule is CCn1nc(C)c(Cl)c1CNCC1CCN(C(C)C)C1. The lowest BCUT2D eigenvalue weighted by molar-refractivity contribution is 0.264. The van der Waals surface area contributed by atoms with Gasteiger partial charge in [-0.25, -0.2) is 0 Å². The van der Waals surface area contributed by atoms with Crippen LogP contribution in [0.3, 0.4) is 0 Å². The molecule has 2 rings (SSSR count). The summed E-state index contributed by atoms with van der Waals surface area (Å²) in [6, 6.07) is 0.665. The van der Waals surface area contributed by atoms with Gasteiger partial charge < -0.3 is 10.2 Å². The van der Waals surface area contributed by atoms with Crippen LogP contribution in [-0.2, 0) is 13.1 Å². The Morgan fingerprint density at radius 1 is 1.45 bits per heavy atom. The van der Waals surface area contributed by atoms with E-state index in [2.05, 4.69) is 36.1 Å². The number of likely N-dealkylation sites (tertiary alicyclic amines) is 1. The van der Waals surface area contributed by atoms with E-state index in [0.29, 0.717) is 6.04 Å². The molecule has 0 aliphatic carbocycles. The zero-order valence-electron chi connectivity index (χ0n) is 13.1. The van der Waals surface area contributed by atoms with Crippen molar-refractivity contribution >= 4 is 11.6 Å². The highest BCUT2D eigenvalue weighted by Crippen LogP contribution is 2.21. The van der Waals surface area contributed by atoms with Gasteiger partial charge in [0.25, 0.3) is 0 Å². The first kappa shape index (κ1) is 15.8. The monoisotopic (exact) mass is 298 g/mol. The summed E-state index contributed by atoms with van der Waals surface area (Å²) in [6.07, 6.45) is 1.30. The minimum absolute atomic E-state index is 0.665. The molecule has 1 aliphatic heterocycles. The van der Waals surface area contributed by atoms with Gasteiger partial charge in [-0.15, -0.1) is 0 Å². The lowest BCUT2D eigenvalue weighted by Gasteiger charge is -2.20. The fraction of sp³-hybridized carbons (Fsp3) is 0.800. The zero-order valence-corrected chi connectivity index (χ0v) is 13.9. The minimum Gasteiger partial charge on any atom is -0.311 e. The van der Waals surface area contributed by atoms with E-state index in [1.165, 1.54) is 19.5 Å². The Hall–Kier alpha value is -0.580. The van der Waals surface area contributed by atoms with Gasteiger partial charge in [-0.3, -0.25) is 4.68 Å². The van der Waals surface area contributed by atoms with E-state index in [0.717, 1.165) is 42.0 Å². The van der Waals surface area contributed by atoms with E-state index in [1.54, 1.807) is 0 Å². The number of hydrogen-bond acceptors (Lipinski definition) is 3. The fourth-order valence-corrected chi connectivity index (χ4v) is 3.13. The van der Waals surface area contributed by atoms with Gasteiger partial charge in [0, 0.05) is 25.7 Å². The summed E-state index contributed by atoms with van der Waals surface area (Å²) in [4.78, 5) is 2.56. The van der Waals surface area contributed by atoms with E-state index in [1.807, 2.05) is 11.6 Å². The predicted octanol–water partition coefficient (Wildman–Crippen LogP) is 2.68. The Morgan fingerprint density at radius 2 is 2.20 bits per heavy atom. The van der Waals surface area contributed by atoms with E-state index in [-0.39, 0.29) is 0 Å². The van der Waals surface area contributed by atoms with Crippen molar-refractivity contribution in [2.24, 2.45) is 5.92 Å². The lowest BCUT2D eigenvalue weighted by Crippen LogP contribution is -2.30. The molecule has 4 nitrogen and oxygen atoms in total. The van der Waals surface area contributed by atoms with E-state index in [9.17, 15) is 0 Å². The first-order valence-corrected chi connectivity index (χ1v) is 8.07. The first-order chi connectivity index (χ1) is 9.52. The van der Waals surface area contributed by atoms with Crippen LogP contribution in [0.5, 0.6) is 0 Å². The van der Waals surface area contributed by atoms with Crippen LogP contribution in [0.15, 0.2) is 0 Å². The predicted molar refractivity (Wildman–Crippen MR) is 84.2 cm³/mol. The number of halogens is 1. The molecular weight excluding hydrogens is 272 g/mol. The molecule has 2 heterocycles. The molecule has 1 N–H and O–H groups in total. The van der Waals surface area contributed by atoms with E-state index in [4.69, 9.17) is 11.6 Å². The van der Waals surface area contributed by atoms with Crippen LogP contribution in [0.4, 0.5) is 0 Å². The molecule has 0 bridgehead atoms. The van der Waals surface area contributed by atoms with Gasteiger partial charge in [-0.1, -0.05) is 11.6 Å². The Bertz CT molecular complexity index is 441. The minimum atomic E-state index is 0.665. The second-order valence-corrected chi connectivity index (χ2v) is 6.41. The molecule has 114 valence electrons. The molecule has 0 spiro atoms. The third-order valence-corrected chi connectivity index (χ3v) is 4.72. The lowest BCUT2D eigenvalue weighted by atomic mass is 10.1. The smallest absolute Gasteiger partial charge is 0.0860 e. The number of hydrogen-bond donors (Lipinski definition) is 1. The second-order valence-electron chi connectivity index (χ2n) is 6.04. The number of rotatable bonds is 6. The van der Waals surface area contributed by atoms with Crippen LogP contribution in [0.1, 0.15) is 38.6 Å². The van der Waals surface area contributed by atoms with Crippen molar-refractivity contribution in [1.82, 2.24) is 20.0 Å². The van der Waals surface area contributed by atoms with E-state index < -0.39 is 0 Å². The average Bonchev–Trinajstić information content (AvgIpc) is 2.98. The number of aryl methyl sites for hydroxylation is 2. The van der Waals surface area contributed by atoms with Crippen molar-refractivity contribution in [3.05, 3.63) is 16.4 Å². The normalized spacial score (nSPS) is 20.2. The van der Waals surface area contributed by atoms with Gasteiger partial charge in [0.05, 0.1) is 16.4 Å². The highest BCUT2D eigenvalue weighted by Gasteiger charge is 2.23. The molecule has 1 aliphatic rings. The highest BCUT2D eigenvalue weighted by atomic mass is 35.5. The van der Waals surface area contributed by atoms with Crippen LogP contribution in [-0.4, -0.2) is 40.4 Å². The summed E-state index contributed by atoms with van der Waals surface area (Å²) in [5.74, 6) is 0.760. The number of nitrogens with one attached hydrogen (secondary N) is 1. The Balaban J connectivity index is 1.82. The summed E-state index contributed by atoms with van der Waals surface area (Å²) in [6.45, 7) is 13.8. The summed E-state index contributed by atoms with van der Waals surface area (Å²) in [5, 5.41) is 8.83. The van der Waals surface area contributed by atoms with Gasteiger partial charge >= 0.3 is 0 Å². The molecule has 1 atom stereocenters. The van der Waals surface area contributed by atoms with E-state index >= 15 is 0 Å². The molecule has 1 saturated heterocycles. The van der Waals surface area contributed by atoms with Gasteiger partial charge in [0.1, 0.15) is 0 Å². The van der Waals surface area contributed by atoms with Crippen LogP contribution < -0.4 is 5.32 Å².